The second kappa shape index (κ2) is 5.86. The predicted octanol–water partition coefficient (Wildman–Crippen LogP) is 3.65. The fourth-order valence-corrected chi connectivity index (χ4v) is 2.55. The second-order valence-electron chi connectivity index (χ2n) is 6.71. The van der Waals surface area contributed by atoms with Gasteiger partial charge in [0.2, 0.25) is 0 Å². The zero-order valence-corrected chi connectivity index (χ0v) is 14.6. The van der Waals surface area contributed by atoms with E-state index in [9.17, 15) is 4.39 Å². The quantitative estimate of drug-likeness (QED) is 0.741. The summed E-state index contributed by atoms with van der Waals surface area (Å²) in [5, 5.41) is 0. The second-order valence-corrected chi connectivity index (χ2v) is 6.71. The molecule has 0 aliphatic carbocycles. The van der Waals surface area contributed by atoms with Crippen molar-refractivity contribution in [3.63, 3.8) is 0 Å². The Labute approximate surface area is 133 Å². The van der Waals surface area contributed by atoms with E-state index in [1.54, 1.807) is 12.1 Å². The van der Waals surface area contributed by atoms with Crippen molar-refractivity contribution >= 4 is 12.6 Å². The van der Waals surface area contributed by atoms with Gasteiger partial charge in [-0.1, -0.05) is 20.8 Å². The minimum atomic E-state index is -0.690. The molecule has 3 rings (SSSR count). The first-order valence-corrected chi connectivity index (χ1v) is 8.03. The van der Waals surface area contributed by atoms with E-state index in [1.807, 2.05) is 48.5 Å². The third-order valence-corrected chi connectivity index (χ3v) is 4.66. The molecule has 122 valence electrons. The van der Waals surface area contributed by atoms with Crippen LogP contribution in [0.25, 0.3) is 0 Å². The molecule has 1 aromatic rings. The Hall–Kier alpha value is -1.07. The molecular formula is C17H26BFO3. The first-order valence-electron chi connectivity index (χ1n) is 8.03. The number of benzene rings is 1. The molecule has 1 fully saturated rings. The number of fused-ring (bicyclic) bond motifs is 1. The fraction of sp³-hybridized carbons (Fsp3) is 0.647. The van der Waals surface area contributed by atoms with Crippen molar-refractivity contribution in [2.24, 2.45) is 0 Å². The molecule has 2 aliphatic heterocycles. The minimum Gasteiger partial charge on any atom is -0.493 e. The number of rotatable bonds is 1. The lowest BCUT2D eigenvalue weighted by molar-refractivity contribution is 0.00578. The Morgan fingerprint density at radius 2 is 1.64 bits per heavy atom. The monoisotopic (exact) mass is 308 g/mol. The van der Waals surface area contributed by atoms with Crippen molar-refractivity contribution in [2.75, 3.05) is 6.61 Å². The number of hydrogen-bond acceptors (Lipinski definition) is 3. The van der Waals surface area contributed by atoms with Crippen LogP contribution < -0.4 is 10.2 Å². The molecule has 2 heterocycles. The Kier molecular flexibility index (Phi) is 4.60. The van der Waals surface area contributed by atoms with Gasteiger partial charge >= 0.3 is 7.12 Å². The maximum atomic E-state index is 14.4. The third-order valence-electron chi connectivity index (χ3n) is 4.66. The summed E-state index contributed by atoms with van der Waals surface area (Å²) in [5.74, 6) is 0.676. The molecule has 1 aromatic carbocycles. The van der Waals surface area contributed by atoms with E-state index in [-0.39, 0.29) is 11.7 Å². The largest absolute Gasteiger partial charge is 0.497 e. The molecule has 0 amide bonds. The molecule has 3 nitrogen and oxygen atoms in total. The number of ether oxygens (including phenoxy) is 1. The molecule has 0 bridgehead atoms. The normalized spacial score (nSPS) is 24.4. The highest BCUT2D eigenvalue weighted by Crippen LogP contribution is 2.38. The summed E-state index contributed by atoms with van der Waals surface area (Å²) >= 11 is 0. The van der Waals surface area contributed by atoms with Gasteiger partial charge in [-0.2, -0.15) is 0 Å². The van der Waals surface area contributed by atoms with Crippen LogP contribution in [-0.2, 0) is 9.31 Å². The van der Waals surface area contributed by atoms with Gasteiger partial charge in [0.05, 0.1) is 17.8 Å². The first kappa shape index (κ1) is 17.3. The predicted molar refractivity (Wildman–Crippen MR) is 87.4 cm³/mol. The molecule has 5 heteroatoms. The topological polar surface area (TPSA) is 27.7 Å². The molecule has 1 unspecified atom stereocenters. The third kappa shape index (κ3) is 2.76. The van der Waals surface area contributed by atoms with Crippen LogP contribution >= 0.6 is 0 Å². The standard InChI is InChI=1S/C15H20BFO3.C2H6/c1-9-8-18-13-7-11(12(17)6-10(9)13)16-19-14(2,3)15(4,5)20-16;1-2/h6-7,9H,8H2,1-5H3;1-2H3. The van der Waals surface area contributed by atoms with Gasteiger partial charge in [-0.3, -0.25) is 0 Å². The Balaban J connectivity index is 0.000000847. The van der Waals surface area contributed by atoms with Crippen molar-refractivity contribution in [3.05, 3.63) is 23.5 Å². The average molecular weight is 308 g/mol. The zero-order valence-electron chi connectivity index (χ0n) is 14.6. The summed E-state index contributed by atoms with van der Waals surface area (Å²) in [5.41, 5.74) is 0.383. The van der Waals surface area contributed by atoms with E-state index in [4.69, 9.17) is 14.0 Å². The molecule has 0 aromatic heterocycles. The maximum absolute atomic E-state index is 14.4. The smallest absolute Gasteiger partial charge is 0.493 e. The maximum Gasteiger partial charge on any atom is 0.497 e. The lowest BCUT2D eigenvalue weighted by Gasteiger charge is -2.32. The lowest BCUT2D eigenvalue weighted by Crippen LogP contribution is -2.41. The van der Waals surface area contributed by atoms with Gasteiger partial charge in [0, 0.05) is 16.9 Å². The van der Waals surface area contributed by atoms with Crippen LogP contribution in [0.3, 0.4) is 0 Å². The van der Waals surface area contributed by atoms with E-state index in [2.05, 4.69) is 0 Å². The average Bonchev–Trinajstić information content (AvgIpc) is 2.89. The van der Waals surface area contributed by atoms with E-state index in [0.29, 0.717) is 12.1 Å². The van der Waals surface area contributed by atoms with Crippen molar-refractivity contribution in [1.82, 2.24) is 0 Å². The molecule has 0 N–H and O–H groups in total. The molecule has 2 aliphatic rings. The van der Waals surface area contributed by atoms with Crippen LogP contribution in [0.4, 0.5) is 4.39 Å². The highest BCUT2D eigenvalue weighted by Gasteiger charge is 2.52. The van der Waals surface area contributed by atoms with Crippen LogP contribution in [0.15, 0.2) is 12.1 Å². The summed E-state index contributed by atoms with van der Waals surface area (Å²) in [4.78, 5) is 0. The van der Waals surface area contributed by atoms with Gasteiger partial charge in [0.1, 0.15) is 11.6 Å². The van der Waals surface area contributed by atoms with Crippen LogP contribution in [-0.4, -0.2) is 24.9 Å². The number of halogens is 1. The van der Waals surface area contributed by atoms with Crippen molar-refractivity contribution < 1.29 is 18.4 Å². The fourth-order valence-electron chi connectivity index (χ4n) is 2.55. The molecule has 0 spiro atoms. The molecule has 1 saturated heterocycles. The van der Waals surface area contributed by atoms with Gasteiger partial charge < -0.3 is 14.0 Å². The van der Waals surface area contributed by atoms with Crippen molar-refractivity contribution in [3.8, 4) is 5.75 Å². The van der Waals surface area contributed by atoms with Gasteiger partial charge in [-0.05, 0) is 39.8 Å². The van der Waals surface area contributed by atoms with E-state index < -0.39 is 18.3 Å². The highest BCUT2D eigenvalue weighted by atomic mass is 19.1. The summed E-state index contributed by atoms with van der Waals surface area (Å²) in [6, 6.07) is 3.27. The lowest BCUT2D eigenvalue weighted by atomic mass is 9.77. The Morgan fingerprint density at radius 3 is 2.18 bits per heavy atom. The summed E-state index contributed by atoms with van der Waals surface area (Å²) in [6.45, 7) is 14.4. The molecule has 0 radical (unpaired) electrons. The van der Waals surface area contributed by atoms with Crippen LogP contribution in [0.1, 0.15) is 59.9 Å². The Bertz CT molecular complexity index is 541. The molecule has 22 heavy (non-hydrogen) atoms. The van der Waals surface area contributed by atoms with Gasteiger partial charge in [-0.15, -0.1) is 0 Å². The van der Waals surface area contributed by atoms with Gasteiger partial charge in [0.25, 0.3) is 0 Å². The highest BCUT2D eigenvalue weighted by molar-refractivity contribution is 6.62. The SMILES string of the molecule is CC.CC1COc2cc(B3OC(C)(C)C(C)(C)O3)c(F)cc21. The van der Waals surface area contributed by atoms with E-state index >= 15 is 0 Å². The first-order chi connectivity index (χ1) is 10.2. The van der Waals surface area contributed by atoms with Crippen LogP contribution in [0, 0.1) is 5.82 Å². The van der Waals surface area contributed by atoms with Crippen LogP contribution in [0.2, 0.25) is 0 Å². The van der Waals surface area contributed by atoms with E-state index in [1.165, 1.54) is 0 Å². The zero-order chi connectivity index (χ0) is 16.7. The van der Waals surface area contributed by atoms with Gasteiger partial charge in [-0.25, -0.2) is 4.39 Å². The van der Waals surface area contributed by atoms with Crippen molar-refractivity contribution in [1.29, 1.82) is 0 Å². The van der Waals surface area contributed by atoms with Crippen molar-refractivity contribution in [2.45, 2.75) is 65.6 Å². The molecule has 0 saturated carbocycles. The molecule has 1 atom stereocenters. The Morgan fingerprint density at radius 1 is 1.09 bits per heavy atom. The minimum absolute atomic E-state index is 0.229. The summed E-state index contributed by atoms with van der Waals surface area (Å²) < 4.78 is 31.7. The number of hydrogen-bond donors (Lipinski definition) is 0. The molecular weight excluding hydrogens is 282 g/mol. The summed E-state index contributed by atoms with van der Waals surface area (Å²) in [6.07, 6.45) is 0. The van der Waals surface area contributed by atoms with Crippen LogP contribution in [0.5, 0.6) is 5.75 Å². The summed E-state index contributed by atoms with van der Waals surface area (Å²) in [7, 11) is -0.690. The van der Waals surface area contributed by atoms with E-state index in [0.717, 1.165) is 11.3 Å². The van der Waals surface area contributed by atoms with Gasteiger partial charge in [0.15, 0.2) is 0 Å².